The molecular formula is C23H32Cl2N2O5. The van der Waals surface area contributed by atoms with Crippen LogP contribution in [0.4, 0.5) is 0 Å². The summed E-state index contributed by atoms with van der Waals surface area (Å²) >= 11 is 12.2. The molecule has 32 heavy (non-hydrogen) atoms. The molecule has 0 radical (unpaired) electrons. The van der Waals surface area contributed by atoms with Crippen LogP contribution >= 0.6 is 23.2 Å². The molecule has 0 spiro atoms. The van der Waals surface area contributed by atoms with Crippen LogP contribution in [0.3, 0.4) is 0 Å². The number of aliphatic hydroxyl groups is 2. The molecule has 9 heteroatoms. The molecule has 178 valence electrons. The van der Waals surface area contributed by atoms with E-state index < -0.39 is 6.10 Å². The van der Waals surface area contributed by atoms with E-state index >= 15 is 0 Å². The van der Waals surface area contributed by atoms with Crippen LogP contribution in [0.15, 0.2) is 30.3 Å². The van der Waals surface area contributed by atoms with Gasteiger partial charge in [0.1, 0.15) is 17.5 Å². The molecule has 1 aromatic heterocycles. The predicted octanol–water partition coefficient (Wildman–Crippen LogP) is 4.00. The summed E-state index contributed by atoms with van der Waals surface area (Å²) in [6.07, 6.45) is 3.34. The number of nitrogens with one attached hydrogen (secondary N) is 1. The average molecular weight is 487 g/mol. The number of nitrogens with zero attached hydrogens (tertiary/aromatic N) is 1. The zero-order valence-corrected chi connectivity index (χ0v) is 19.6. The van der Waals surface area contributed by atoms with Gasteiger partial charge in [-0.3, -0.25) is 0 Å². The van der Waals surface area contributed by atoms with Gasteiger partial charge in [0, 0.05) is 28.8 Å². The van der Waals surface area contributed by atoms with Gasteiger partial charge < -0.3 is 30.1 Å². The third-order valence-corrected chi connectivity index (χ3v) is 5.58. The van der Waals surface area contributed by atoms with Gasteiger partial charge in [0.25, 0.3) is 0 Å². The lowest BCUT2D eigenvalue weighted by Gasteiger charge is -2.13. The molecule has 1 unspecified atom stereocenters. The molecule has 0 aliphatic heterocycles. The third-order valence-electron chi connectivity index (χ3n) is 4.87. The number of pyridine rings is 1. The molecule has 0 aliphatic rings. The number of aromatic hydroxyl groups is 1. The molecule has 2 aromatic rings. The Balaban J connectivity index is 1.42. The second-order valence-electron chi connectivity index (χ2n) is 7.36. The lowest BCUT2D eigenvalue weighted by atomic mass is 10.2. The SMILES string of the molecule is OCc1nc(C(O)CNCCCCCCOCCOCc2c(Cl)cccc2Cl)ccc1O. The largest absolute Gasteiger partial charge is 0.506 e. The fourth-order valence-electron chi connectivity index (χ4n) is 3.03. The van der Waals surface area contributed by atoms with E-state index in [-0.39, 0.29) is 18.1 Å². The number of hydrogen-bond donors (Lipinski definition) is 4. The Morgan fingerprint density at radius 2 is 1.66 bits per heavy atom. The van der Waals surface area contributed by atoms with Gasteiger partial charge in [-0.15, -0.1) is 0 Å². The van der Waals surface area contributed by atoms with Crippen LogP contribution in [-0.2, 0) is 22.7 Å². The van der Waals surface area contributed by atoms with Gasteiger partial charge >= 0.3 is 0 Å². The molecule has 1 heterocycles. The smallest absolute Gasteiger partial charge is 0.139 e. The van der Waals surface area contributed by atoms with E-state index in [2.05, 4.69) is 10.3 Å². The van der Waals surface area contributed by atoms with Crippen molar-refractivity contribution in [1.29, 1.82) is 0 Å². The van der Waals surface area contributed by atoms with E-state index in [1.807, 2.05) is 0 Å². The number of rotatable bonds is 16. The minimum Gasteiger partial charge on any atom is -0.506 e. The number of aliphatic hydroxyl groups excluding tert-OH is 2. The first-order valence-corrected chi connectivity index (χ1v) is 11.5. The van der Waals surface area contributed by atoms with Crippen LogP contribution in [0.25, 0.3) is 0 Å². The monoisotopic (exact) mass is 486 g/mol. The number of unbranched alkanes of at least 4 members (excludes halogenated alkanes) is 3. The summed E-state index contributed by atoms with van der Waals surface area (Å²) in [5.74, 6) is -0.0741. The van der Waals surface area contributed by atoms with Crippen molar-refractivity contribution in [2.24, 2.45) is 0 Å². The molecule has 0 bridgehead atoms. The zero-order valence-electron chi connectivity index (χ0n) is 18.1. The van der Waals surface area contributed by atoms with E-state index in [0.717, 1.165) is 37.8 Å². The summed E-state index contributed by atoms with van der Waals surface area (Å²) in [4.78, 5) is 4.06. The van der Waals surface area contributed by atoms with Gasteiger partial charge in [0.2, 0.25) is 0 Å². The number of aromatic nitrogens is 1. The minimum absolute atomic E-state index is 0.0741. The third kappa shape index (κ3) is 9.58. The molecule has 1 aromatic carbocycles. The second-order valence-corrected chi connectivity index (χ2v) is 8.17. The summed E-state index contributed by atoms with van der Waals surface area (Å²) < 4.78 is 11.2. The Bertz CT molecular complexity index is 790. The summed E-state index contributed by atoms with van der Waals surface area (Å²) in [5, 5.41) is 33.2. The number of halogens is 2. The van der Waals surface area contributed by atoms with Crippen LogP contribution in [0.5, 0.6) is 5.75 Å². The molecular weight excluding hydrogens is 455 g/mol. The summed E-state index contributed by atoms with van der Waals surface area (Å²) in [6, 6.07) is 8.37. The van der Waals surface area contributed by atoms with Crippen molar-refractivity contribution in [1.82, 2.24) is 10.3 Å². The molecule has 2 rings (SSSR count). The molecule has 0 amide bonds. The van der Waals surface area contributed by atoms with Gasteiger partial charge in [-0.05, 0) is 43.7 Å². The number of ether oxygens (including phenoxy) is 2. The summed E-state index contributed by atoms with van der Waals surface area (Å²) in [6.45, 7) is 2.88. The van der Waals surface area contributed by atoms with Gasteiger partial charge in [-0.1, -0.05) is 42.1 Å². The van der Waals surface area contributed by atoms with E-state index in [1.54, 1.807) is 24.3 Å². The Labute approximate surface area is 199 Å². The Morgan fingerprint density at radius 3 is 2.41 bits per heavy atom. The fourth-order valence-corrected chi connectivity index (χ4v) is 3.53. The highest BCUT2D eigenvalue weighted by Gasteiger charge is 2.11. The molecule has 0 aliphatic carbocycles. The van der Waals surface area contributed by atoms with Gasteiger partial charge in [-0.25, -0.2) is 4.98 Å². The van der Waals surface area contributed by atoms with Crippen LogP contribution < -0.4 is 5.32 Å². The molecule has 7 nitrogen and oxygen atoms in total. The fraction of sp³-hybridized carbons (Fsp3) is 0.522. The number of hydrogen-bond acceptors (Lipinski definition) is 7. The van der Waals surface area contributed by atoms with Crippen LogP contribution in [0.2, 0.25) is 10.0 Å². The number of benzene rings is 1. The van der Waals surface area contributed by atoms with Crippen molar-refractivity contribution in [3.05, 3.63) is 57.3 Å². The van der Waals surface area contributed by atoms with Crippen molar-refractivity contribution in [2.75, 3.05) is 32.9 Å². The van der Waals surface area contributed by atoms with Crippen molar-refractivity contribution in [3.8, 4) is 5.75 Å². The average Bonchev–Trinajstić information content (AvgIpc) is 2.78. The highest BCUT2D eigenvalue weighted by molar-refractivity contribution is 6.35. The Morgan fingerprint density at radius 1 is 0.938 bits per heavy atom. The standard InChI is InChI=1S/C23H32Cl2N2O5/c24-18-6-5-7-19(25)17(18)16-32-13-12-31-11-4-2-1-3-10-26-14-23(30)20-8-9-22(29)21(15-28)27-20/h5-9,23,26,28-30H,1-4,10-16H2. The Hall–Kier alpha value is -1.45. The summed E-state index contributed by atoms with van der Waals surface area (Å²) in [5.41, 5.74) is 1.39. The molecule has 0 saturated carbocycles. The first-order valence-electron chi connectivity index (χ1n) is 10.8. The highest BCUT2D eigenvalue weighted by Crippen LogP contribution is 2.24. The second kappa shape index (κ2) is 15.4. The van der Waals surface area contributed by atoms with E-state index in [9.17, 15) is 10.2 Å². The van der Waals surface area contributed by atoms with Crippen molar-refractivity contribution in [2.45, 2.75) is 45.0 Å². The van der Waals surface area contributed by atoms with Gasteiger partial charge in [-0.2, -0.15) is 0 Å². The van der Waals surface area contributed by atoms with E-state index in [1.165, 1.54) is 6.07 Å². The van der Waals surface area contributed by atoms with Crippen molar-refractivity contribution in [3.63, 3.8) is 0 Å². The van der Waals surface area contributed by atoms with E-state index in [0.29, 0.717) is 48.7 Å². The maximum absolute atomic E-state index is 10.2. The van der Waals surface area contributed by atoms with E-state index in [4.69, 9.17) is 37.8 Å². The molecule has 0 fully saturated rings. The van der Waals surface area contributed by atoms with Crippen LogP contribution in [-0.4, -0.2) is 53.2 Å². The predicted molar refractivity (Wildman–Crippen MR) is 125 cm³/mol. The lowest BCUT2D eigenvalue weighted by molar-refractivity contribution is 0.0393. The van der Waals surface area contributed by atoms with Crippen LogP contribution in [0, 0.1) is 0 Å². The highest BCUT2D eigenvalue weighted by atomic mass is 35.5. The van der Waals surface area contributed by atoms with Crippen molar-refractivity contribution < 1.29 is 24.8 Å². The molecule has 0 saturated heterocycles. The van der Waals surface area contributed by atoms with Crippen LogP contribution in [0.1, 0.15) is 48.7 Å². The topological polar surface area (TPSA) is 104 Å². The Kier molecular flexibility index (Phi) is 12.9. The van der Waals surface area contributed by atoms with Gasteiger partial charge in [0.05, 0.1) is 32.1 Å². The lowest BCUT2D eigenvalue weighted by Crippen LogP contribution is -2.23. The maximum atomic E-state index is 10.2. The first-order chi connectivity index (χ1) is 15.5. The van der Waals surface area contributed by atoms with Crippen molar-refractivity contribution >= 4 is 23.2 Å². The normalized spacial score (nSPS) is 12.2. The minimum atomic E-state index is -0.787. The first kappa shape index (κ1) is 26.8. The molecule has 1 atom stereocenters. The molecule has 4 N–H and O–H groups in total. The van der Waals surface area contributed by atoms with Gasteiger partial charge in [0.15, 0.2) is 0 Å². The summed E-state index contributed by atoms with van der Waals surface area (Å²) in [7, 11) is 0. The maximum Gasteiger partial charge on any atom is 0.139 e. The zero-order chi connectivity index (χ0) is 23.2. The quantitative estimate of drug-likeness (QED) is 0.265.